The monoisotopic (exact) mass is 343 g/mol. The van der Waals surface area contributed by atoms with Crippen molar-refractivity contribution in [2.75, 3.05) is 0 Å². The third kappa shape index (κ3) is 3.35. The zero-order chi connectivity index (χ0) is 17.3. The van der Waals surface area contributed by atoms with Gasteiger partial charge in [-0.05, 0) is 19.1 Å². The lowest BCUT2D eigenvalue weighted by atomic mass is 10.1. The molecule has 0 atom stereocenters. The number of carbonyl (C=O) groups is 1. The van der Waals surface area contributed by atoms with E-state index in [1.54, 1.807) is 12.1 Å². The zero-order valence-corrected chi connectivity index (χ0v) is 14.5. The standard InChI is InChI=1S/C17H17N3O3S/c1-10(2)15-19-20-14(21)8-13(18-17(20)24-15)9-23-16(22)12-6-4-11(3)5-7-12/h4-8,10H,9H2,1-3H3. The van der Waals surface area contributed by atoms with E-state index in [0.717, 1.165) is 10.6 Å². The first kappa shape index (κ1) is 16.3. The number of aryl methyl sites for hydroxylation is 1. The molecule has 3 aromatic rings. The Morgan fingerprint density at radius 3 is 2.67 bits per heavy atom. The maximum atomic E-state index is 12.1. The van der Waals surface area contributed by atoms with Crippen molar-refractivity contribution in [1.82, 2.24) is 14.6 Å². The zero-order valence-electron chi connectivity index (χ0n) is 13.6. The second-order valence-corrected chi connectivity index (χ2v) is 6.80. The van der Waals surface area contributed by atoms with E-state index >= 15 is 0 Å². The molecule has 0 amide bonds. The molecule has 24 heavy (non-hydrogen) atoms. The fourth-order valence-corrected chi connectivity index (χ4v) is 3.02. The Morgan fingerprint density at radius 1 is 1.29 bits per heavy atom. The molecule has 0 N–H and O–H groups in total. The molecule has 0 saturated carbocycles. The van der Waals surface area contributed by atoms with E-state index in [4.69, 9.17) is 4.74 Å². The van der Waals surface area contributed by atoms with Crippen molar-refractivity contribution in [3.63, 3.8) is 0 Å². The second kappa shape index (κ2) is 6.52. The number of aromatic nitrogens is 3. The second-order valence-electron chi connectivity index (χ2n) is 5.82. The van der Waals surface area contributed by atoms with Crippen molar-refractivity contribution in [2.45, 2.75) is 33.3 Å². The van der Waals surface area contributed by atoms with Gasteiger partial charge >= 0.3 is 5.97 Å². The average Bonchev–Trinajstić information content (AvgIpc) is 2.98. The van der Waals surface area contributed by atoms with Crippen LogP contribution in [-0.2, 0) is 11.3 Å². The number of ether oxygens (including phenoxy) is 1. The summed E-state index contributed by atoms with van der Waals surface area (Å²) in [5.41, 5.74) is 1.68. The Labute approximate surface area is 142 Å². The van der Waals surface area contributed by atoms with Crippen LogP contribution < -0.4 is 5.56 Å². The molecule has 2 aromatic heterocycles. The third-order valence-corrected chi connectivity index (χ3v) is 4.66. The first-order valence-electron chi connectivity index (χ1n) is 7.57. The predicted octanol–water partition coefficient (Wildman–Crippen LogP) is 2.94. The summed E-state index contributed by atoms with van der Waals surface area (Å²) in [6.07, 6.45) is 0. The molecular formula is C17H17N3O3S. The van der Waals surface area contributed by atoms with E-state index in [9.17, 15) is 9.59 Å². The van der Waals surface area contributed by atoms with Gasteiger partial charge in [-0.3, -0.25) is 4.79 Å². The number of benzene rings is 1. The largest absolute Gasteiger partial charge is 0.456 e. The number of nitrogens with zero attached hydrogens (tertiary/aromatic N) is 3. The molecule has 0 saturated heterocycles. The molecule has 124 valence electrons. The quantitative estimate of drug-likeness (QED) is 0.681. The summed E-state index contributed by atoms with van der Waals surface area (Å²) in [5, 5.41) is 5.10. The highest BCUT2D eigenvalue weighted by Gasteiger charge is 2.13. The molecule has 2 heterocycles. The minimum absolute atomic E-state index is 0.0483. The van der Waals surface area contributed by atoms with Gasteiger partial charge in [0.15, 0.2) is 0 Å². The molecule has 0 spiro atoms. The summed E-state index contributed by atoms with van der Waals surface area (Å²) in [6.45, 7) is 5.91. The third-order valence-electron chi connectivity index (χ3n) is 3.45. The average molecular weight is 343 g/mol. The van der Waals surface area contributed by atoms with Gasteiger partial charge in [-0.25, -0.2) is 9.78 Å². The molecular weight excluding hydrogens is 326 g/mol. The van der Waals surface area contributed by atoms with Gasteiger partial charge in [0, 0.05) is 12.0 Å². The van der Waals surface area contributed by atoms with Gasteiger partial charge in [0.25, 0.3) is 5.56 Å². The van der Waals surface area contributed by atoms with E-state index in [2.05, 4.69) is 10.1 Å². The number of esters is 1. The van der Waals surface area contributed by atoms with Crippen LogP contribution in [0, 0.1) is 6.92 Å². The van der Waals surface area contributed by atoms with Gasteiger partial charge in [-0.15, -0.1) is 0 Å². The van der Waals surface area contributed by atoms with Crippen LogP contribution in [0.3, 0.4) is 0 Å². The lowest BCUT2D eigenvalue weighted by molar-refractivity contribution is 0.0468. The van der Waals surface area contributed by atoms with Gasteiger partial charge in [-0.2, -0.15) is 9.61 Å². The molecule has 7 heteroatoms. The smallest absolute Gasteiger partial charge is 0.338 e. The fourth-order valence-electron chi connectivity index (χ4n) is 2.09. The molecule has 0 bridgehead atoms. The molecule has 0 fully saturated rings. The number of hydrogen-bond acceptors (Lipinski definition) is 6. The highest BCUT2D eigenvalue weighted by atomic mass is 32.1. The summed E-state index contributed by atoms with van der Waals surface area (Å²) in [6, 6.07) is 8.46. The molecule has 3 rings (SSSR count). The van der Waals surface area contributed by atoms with Crippen LogP contribution >= 0.6 is 11.3 Å². The summed E-state index contributed by atoms with van der Waals surface area (Å²) in [5.74, 6) is -0.219. The van der Waals surface area contributed by atoms with Crippen molar-refractivity contribution >= 4 is 22.3 Å². The van der Waals surface area contributed by atoms with Crippen LogP contribution in [0.4, 0.5) is 0 Å². The van der Waals surface area contributed by atoms with Gasteiger partial charge < -0.3 is 4.74 Å². The lowest BCUT2D eigenvalue weighted by Gasteiger charge is -2.04. The minimum Gasteiger partial charge on any atom is -0.456 e. The first-order chi connectivity index (χ1) is 11.4. The number of hydrogen-bond donors (Lipinski definition) is 0. The van der Waals surface area contributed by atoms with E-state index < -0.39 is 5.97 Å². The highest BCUT2D eigenvalue weighted by molar-refractivity contribution is 7.16. The number of rotatable bonds is 4. The SMILES string of the molecule is Cc1ccc(C(=O)OCc2cc(=O)n3nc(C(C)C)sc3n2)cc1. The summed E-state index contributed by atoms with van der Waals surface area (Å²) in [7, 11) is 0. The molecule has 0 aliphatic carbocycles. The van der Waals surface area contributed by atoms with Gasteiger partial charge in [0.1, 0.15) is 11.6 Å². The van der Waals surface area contributed by atoms with Crippen LogP contribution in [-0.4, -0.2) is 20.6 Å². The Morgan fingerprint density at radius 2 is 2.00 bits per heavy atom. The van der Waals surface area contributed by atoms with Crippen LogP contribution in [0.25, 0.3) is 4.96 Å². The molecule has 0 radical (unpaired) electrons. The van der Waals surface area contributed by atoms with Crippen LogP contribution in [0.1, 0.15) is 46.4 Å². The van der Waals surface area contributed by atoms with Crippen molar-refractivity contribution in [1.29, 1.82) is 0 Å². The summed E-state index contributed by atoms with van der Waals surface area (Å²) in [4.78, 5) is 29.0. The van der Waals surface area contributed by atoms with Gasteiger partial charge in [0.05, 0.1) is 11.3 Å². The van der Waals surface area contributed by atoms with Crippen molar-refractivity contribution in [3.05, 3.63) is 62.5 Å². The Hall–Kier alpha value is -2.54. The minimum atomic E-state index is -0.441. The van der Waals surface area contributed by atoms with E-state index in [0.29, 0.717) is 16.2 Å². The van der Waals surface area contributed by atoms with Crippen molar-refractivity contribution < 1.29 is 9.53 Å². The molecule has 0 aliphatic heterocycles. The van der Waals surface area contributed by atoms with Crippen molar-refractivity contribution in [3.8, 4) is 0 Å². The first-order valence-corrected chi connectivity index (χ1v) is 8.39. The Bertz CT molecular complexity index is 942. The lowest BCUT2D eigenvalue weighted by Crippen LogP contribution is -2.16. The van der Waals surface area contributed by atoms with Crippen LogP contribution in [0.5, 0.6) is 0 Å². The molecule has 1 aromatic carbocycles. The number of fused-ring (bicyclic) bond motifs is 1. The molecule has 0 unspecified atom stereocenters. The van der Waals surface area contributed by atoms with Gasteiger partial charge in [0.2, 0.25) is 4.96 Å². The maximum absolute atomic E-state index is 12.1. The van der Waals surface area contributed by atoms with Crippen LogP contribution in [0.2, 0.25) is 0 Å². The Balaban J connectivity index is 1.79. The topological polar surface area (TPSA) is 73.6 Å². The maximum Gasteiger partial charge on any atom is 0.338 e. The summed E-state index contributed by atoms with van der Waals surface area (Å²) >= 11 is 1.37. The van der Waals surface area contributed by atoms with Gasteiger partial charge in [-0.1, -0.05) is 42.9 Å². The number of carbonyl (C=O) groups excluding carboxylic acids is 1. The molecule has 0 aliphatic rings. The van der Waals surface area contributed by atoms with E-state index in [1.165, 1.54) is 21.9 Å². The Kier molecular flexibility index (Phi) is 4.44. The summed E-state index contributed by atoms with van der Waals surface area (Å²) < 4.78 is 6.53. The van der Waals surface area contributed by atoms with Crippen molar-refractivity contribution in [2.24, 2.45) is 0 Å². The normalized spacial score (nSPS) is 11.2. The van der Waals surface area contributed by atoms with E-state index in [-0.39, 0.29) is 18.1 Å². The molecule has 6 nitrogen and oxygen atoms in total. The van der Waals surface area contributed by atoms with Crippen LogP contribution in [0.15, 0.2) is 35.1 Å². The highest BCUT2D eigenvalue weighted by Crippen LogP contribution is 2.20. The predicted molar refractivity (Wildman–Crippen MR) is 91.5 cm³/mol. The van der Waals surface area contributed by atoms with E-state index in [1.807, 2.05) is 32.9 Å². The fraction of sp³-hybridized carbons (Fsp3) is 0.294.